The minimum atomic E-state index is 0.377. The molecule has 1 heterocycles. The summed E-state index contributed by atoms with van der Waals surface area (Å²) in [5, 5.41) is 13.8. The Morgan fingerprint density at radius 3 is 2.82 bits per heavy atom. The zero-order valence-corrected chi connectivity index (χ0v) is 10.6. The largest absolute Gasteiger partial charge is 0.508 e. The van der Waals surface area contributed by atoms with Crippen LogP contribution in [0.15, 0.2) is 6.07 Å². The van der Waals surface area contributed by atoms with Crippen LogP contribution in [0, 0.1) is 6.92 Å². The molecular weight excluding hydrogens is 210 g/mol. The molecule has 17 heavy (non-hydrogen) atoms. The molecule has 0 amide bonds. The predicted molar refractivity (Wildman–Crippen MR) is 69.5 cm³/mol. The van der Waals surface area contributed by atoms with Gasteiger partial charge >= 0.3 is 0 Å². The number of fused-ring (bicyclic) bond motifs is 1. The number of phenols is 1. The van der Waals surface area contributed by atoms with Crippen LogP contribution in [-0.4, -0.2) is 11.7 Å². The normalized spacial score (nSPS) is 23.7. The second-order valence-corrected chi connectivity index (χ2v) is 5.43. The maximum atomic E-state index is 10.3. The van der Waals surface area contributed by atoms with Gasteiger partial charge in [-0.05, 0) is 74.8 Å². The van der Waals surface area contributed by atoms with E-state index in [-0.39, 0.29) is 0 Å². The summed E-state index contributed by atoms with van der Waals surface area (Å²) in [7, 11) is 0. The number of phenolic OH excluding ortho intramolecular Hbond substituents is 1. The van der Waals surface area contributed by atoms with E-state index in [0.29, 0.717) is 11.8 Å². The molecule has 0 radical (unpaired) electrons. The van der Waals surface area contributed by atoms with E-state index in [2.05, 4.69) is 12.2 Å². The fourth-order valence-corrected chi connectivity index (χ4v) is 3.48. The van der Waals surface area contributed by atoms with Crippen molar-refractivity contribution in [2.45, 2.75) is 51.5 Å². The van der Waals surface area contributed by atoms with Gasteiger partial charge in [0, 0.05) is 11.6 Å². The fourth-order valence-electron chi connectivity index (χ4n) is 3.48. The van der Waals surface area contributed by atoms with E-state index in [0.717, 1.165) is 19.4 Å². The molecule has 2 nitrogen and oxygen atoms in total. The average molecular weight is 231 g/mol. The third kappa shape index (κ3) is 1.85. The molecule has 0 saturated carbocycles. The van der Waals surface area contributed by atoms with Crippen LogP contribution in [0.1, 0.15) is 54.0 Å². The second kappa shape index (κ2) is 4.34. The smallest absolute Gasteiger partial charge is 0.120 e. The van der Waals surface area contributed by atoms with Gasteiger partial charge < -0.3 is 10.4 Å². The standard InChI is InChI=1S/C15H21NO/c1-10-12-6-3-2-5-11(12)9-14(17)15(10)13-7-4-8-16-13/h9,13,16-17H,2-8H2,1H3. The van der Waals surface area contributed by atoms with Gasteiger partial charge in [-0.15, -0.1) is 0 Å². The van der Waals surface area contributed by atoms with Crippen molar-refractivity contribution in [3.05, 3.63) is 28.3 Å². The quantitative estimate of drug-likeness (QED) is 0.778. The van der Waals surface area contributed by atoms with E-state index in [4.69, 9.17) is 0 Å². The maximum Gasteiger partial charge on any atom is 0.120 e. The van der Waals surface area contributed by atoms with Crippen LogP contribution in [-0.2, 0) is 12.8 Å². The number of aromatic hydroxyl groups is 1. The lowest BCUT2D eigenvalue weighted by Crippen LogP contribution is -2.16. The first-order valence-corrected chi connectivity index (χ1v) is 6.85. The van der Waals surface area contributed by atoms with Crippen LogP contribution in [0.2, 0.25) is 0 Å². The number of nitrogens with one attached hydrogen (secondary N) is 1. The van der Waals surface area contributed by atoms with Gasteiger partial charge in [-0.2, -0.15) is 0 Å². The summed E-state index contributed by atoms with van der Waals surface area (Å²) >= 11 is 0. The van der Waals surface area contributed by atoms with Crippen LogP contribution in [0.5, 0.6) is 5.75 Å². The van der Waals surface area contributed by atoms with Crippen molar-refractivity contribution in [3.8, 4) is 5.75 Å². The van der Waals surface area contributed by atoms with Gasteiger partial charge in [0.1, 0.15) is 5.75 Å². The van der Waals surface area contributed by atoms with E-state index in [1.165, 1.54) is 47.9 Å². The number of rotatable bonds is 1. The van der Waals surface area contributed by atoms with Crippen molar-refractivity contribution in [2.24, 2.45) is 0 Å². The van der Waals surface area contributed by atoms with E-state index < -0.39 is 0 Å². The molecule has 0 aromatic heterocycles. The molecule has 1 aliphatic heterocycles. The Bertz CT molecular complexity index is 433. The first-order chi connectivity index (χ1) is 8.27. The summed E-state index contributed by atoms with van der Waals surface area (Å²) in [5.74, 6) is 0.516. The Labute approximate surface area is 103 Å². The molecule has 3 rings (SSSR count). The minimum Gasteiger partial charge on any atom is -0.508 e. The van der Waals surface area contributed by atoms with Gasteiger partial charge in [-0.3, -0.25) is 0 Å². The minimum absolute atomic E-state index is 0.377. The van der Waals surface area contributed by atoms with Crippen molar-refractivity contribution < 1.29 is 5.11 Å². The van der Waals surface area contributed by atoms with Crippen molar-refractivity contribution in [3.63, 3.8) is 0 Å². The van der Waals surface area contributed by atoms with Crippen LogP contribution in [0.3, 0.4) is 0 Å². The number of aryl methyl sites for hydroxylation is 1. The van der Waals surface area contributed by atoms with Gasteiger partial charge in [0.25, 0.3) is 0 Å². The van der Waals surface area contributed by atoms with Crippen molar-refractivity contribution >= 4 is 0 Å². The molecule has 2 N–H and O–H groups in total. The number of hydrogen-bond acceptors (Lipinski definition) is 2. The third-order valence-corrected chi connectivity index (χ3v) is 4.36. The molecule has 1 unspecified atom stereocenters. The SMILES string of the molecule is Cc1c2c(cc(O)c1C1CCCN1)CCCC2. The van der Waals surface area contributed by atoms with E-state index >= 15 is 0 Å². The molecule has 0 bridgehead atoms. The summed E-state index contributed by atoms with van der Waals surface area (Å²) in [6, 6.07) is 2.40. The predicted octanol–water partition coefficient (Wildman–Crippen LogP) is 3.00. The molecule has 1 saturated heterocycles. The fraction of sp³-hybridized carbons (Fsp3) is 0.600. The van der Waals surface area contributed by atoms with Crippen molar-refractivity contribution in [1.82, 2.24) is 5.32 Å². The number of hydrogen-bond donors (Lipinski definition) is 2. The molecule has 2 aliphatic rings. The highest BCUT2D eigenvalue weighted by Gasteiger charge is 2.25. The Morgan fingerprint density at radius 2 is 2.06 bits per heavy atom. The molecule has 1 aromatic rings. The van der Waals surface area contributed by atoms with Crippen LogP contribution < -0.4 is 5.32 Å². The Hall–Kier alpha value is -1.02. The van der Waals surface area contributed by atoms with Crippen LogP contribution in [0.4, 0.5) is 0 Å². The van der Waals surface area contributed by atoms with Crippen molar-refractivity contribution in [2.75, 3.05) is 6.54 Å². The molecule has 1 aromatic carbocycles. The topological polar surface area (TPSA) is 32.3 Å². The van der Waals surface area contributed by atoms with Crippen LogP contribution >= 0.6 is 0 Å². The van der Waals surface area contributed by atoms with E-state index in [9.17, 15) is 5.11 Å². The zero-order valence-electron chi connectivity index (χ0n) is 10.6. The Kier molecular flexibility index (Phi) is 2.83. The molecule has 2 heteroatoms. The van der Waals surface area contributed by atoms with Gasteiger partial charge in [0.15, 0.2) is 0 Å². The lowest BCUT2D eigenvalue weighted by molar-refractivity contribution is 0.453. The van der Waals surface area contributed by atoms with Gasteiger partial charge in [-0.25, -0.2) is 0 Å². The van der Waals surface area contributed by atoms with E-state index in [1.807, 2.05) is 6.07 Å². The molecule has 92 valence electrons. The lowest BCUT2D eigenvalue weighted by atomic mass is 9.84. The Morgan fingerprint density at radius 1 is 1.24 bits per heavy atom. The summed E-state index contributed by atoms with van der Waals surface area (Å²) in [5.41, 5.74) is 5.41. The molecule has 1 fully saturated rings. The highest BCUT2D eigenvalue weighted by atomic mass is 16.3. The number of benzene rings is 1. The first-order valence-electron chi connectivity index (χ1n) is 6.85. The molecule has 1 atom stereocenters. The lowest BCUT2D eigenvalue weighted by Gasteiger charge is -2.24. The molecule has 1 aliphatic carbocycles. The molecular formula is C15H21NO. The highest BCUT2D eigenvalue weighted by molar-refractivity contribution is 5.51. The molecule has 0 spiro atoms. The van der Waals surface area contributed by atoms with Gasteiger partial charge in [0.05, 0.1) is 0 Å². The highest BCUT2D eigenvalue weighted by Crippen LogP contribution is 2.38. The second-order valence-electron chi connectivity index (χ2n) is 5.43. The van der Waals surface area contributed by atoms with Gasteiger partial charge in [0.2, 0.25) is 0 Å². The van der Waals surface area contributed by atoms with E-state index in [1.54, 1.807) is 0 Å². The summed E-state index contributed by atoms with van der Waals surface area (Å²) in [6.07, 6.45) is 7.29. The Balaban J connectivity index is 2.08. The zero-order chi connectivity index (χ0) is 11.8. The van der Waals surface area contributed by atoms with Crippen molar-refractivity contribution in [1.29, 1.82) is 0 Å². The monoisotopic (exact) mass is 231 g/mol. The maximum absolute atomic E-state index is 10.3. The van der Waals surface area contributed by atoms with Gasteiger partial charge in [-0.1, -0.05) is 0 Å². The summed E-state index contributed by atoms with van der Waals surface area (Å²) < 4.78 is 0. The third-order valence-electron chi connectivity index (χ3n) is 4.36. The first kappa shape index (κ1) is 11.1. The average Bonchev–Trinajstić information content (AvgIpc) is 2.83. The summed E-state index contributed by atoms with van der Waals surface area (Å²) in [4.78, 5) is 0. The van der Waals surface area contributed by atoms with Crippen LogP contribution in [0.25, 0.3) is 0 Å². The summed E-state index contributed by atoms with van der Waals surface area (Å²) in [6.45, 7) is 3.28.